The van der Waals surface area contributed by atoms with Gasteiger partial charge in [0, 0.05) is 0 Å². The fraction of sp³-hybridized carbons (Fsp3) is 0.385. The van der Waals surface area contributed by atoms with E-state index in [-0.39, 0.29) is 12.3 Å². The van der Waals surface area contributed by atoms with E-state index < -0.39 is 11.9 Å². The Morgan fingerprint density at radius 1 is 1.19 bits per heavy atom. The average molecular weight is 220 g/mol. The molecule has 0 atom stereocenters. The summed E-state index contributed by atoms with van der Waals surface area (Å²) in [6, 6.07) is 9.64. The van der Waals surface area contributed by atoms with Crippen LogP contribution in [0.5, 0.6) is 0 Å². The Morgan fingerprint density at radius 3 is 2.38 bits per heavy atom. The molecule has 0 radical (unpaired) electrons. The van der Waals surface area contributed by atoms with Gasteiger partial charge in [-0.15, -0.1) is 0 Å². The minimum absolute atomic E-state index is 0.239. The van der Waals surface area contributed by atoms with Crippen molar-refractivity contribution >= 4 is 11.9 Å². The predicted molar refractivity (Wildman–Crippen MR) is 60.7 cm³/mol. The lowest BCUT2D eigenvalue weighted by Gasteiger charge is -2.05. The molecule has 16 heavy (non-hydrogen) atoms. The Morgan fingerprint density at radius 2 is 1.81 bits per heavy atom. The number of hydrogen-bond acceptors (Lipinski definition) is 3. The molecule has 1 aromatic rings. The Kier molecular flexibility index (Phi) is 4.70. The second-order valence-corrected chi connectivity index (χ2v) is 3.93. The molecule has 0 aromatic heterocycles. The van der Waals surface area contributed by atoms with Crippen molar-refractivity contribution in [3.05, 3.63) is 35.9 Å². The SMILES string of the molecule is CC(C)C(=O)OC(=O)CCc1ccccc1. The van der Waals surface area contributed by atoms with Crippen molar-refractivity contribution in [2.24, 2.45) is 5.92 Å². The van der Waals surface area contributed by atoms with E-state index in [9.17, 15) is 9.59 Å². The van der Waals surface area contributed by atoms with E-state index >= 15 is 0 Å². The molecule has 3 nitrogen and oxygen atoms in total. The summed E-state index contributed by atoms with van der Waals surface area (Å²) >= 11 is 0. The van der Waals surface area contributed by atoms with Crippen molar-refractivity contribution in [2.45, 2.75) is 26.7 Å². The zero-order chi connectivity index (χ0) is 12.0. The molecule has 86 valence electrons. The minimum atomic E-state index is -0.460. The number of hydrogen-bond donors (Lipinski definition) is 0. The molecule has 0 bridgehead atoms. The van der Waals surface area contributed by atoms with Crippen molar-refractivity contribution in [1.82, 2.24) is 0 Å². The standard InChI is InChI=1S/C13H16O3/c1-10(2)13(15)16-12(14)9-8-11-6-4-3-5-7-11/h3-7,10H,8-9H2,1-2H3. The number of esters is 2. The Balaban J connectivity index is 2.34. The van der Waals surface area contributed by atoms with E-state index in [4.69, 9.17) is 0 Å². The fourth-order valence-corrected chi connectivity index (χ4v) is 1.17. The lowest BCUT2D eigenvalue weighted by Crippen LogP contribution is -2.17. The maximum absolute atomic E-state index is 11.3. The highest BCUT2D eigenvalue weighted by molar-refractivity contribution is 5.86. The zero-order valence-corrected chi connectivity index (χ0v) is 9.60. The van der Waals surface area contributed by atoms with Gasteiger partial charge in [0.2, 0.25) is 0 Å². The van der Waals surface area contributed by atoms with Gasteiger partial charge in [-0.2, -0.15) is 0 Å². The van der Waals surface area contributed by atoms with Gasteiger partial charge in [0.1, 0.15) is 0 Å². The molecule has 0 aliphatic heterocycles. The number of benzene rings is 1. The summed E-state index contributed by atoms with van der Waals surface area (Å²) in [6.45, 7) is 3.40. The summed E-state index contributed by atoms with van der Waals surface area (Å²) in [6.07, 6.45) is 0.841. The van der Waals surface area contributed by atoms with Gasteiger partial charge in [0.05, 0.1) is 12.3 Å². The second-order valence-electron chi connectivity index (χ2n) is 3.93. The molecule has 0 unspecified atom stereocenters. The summed E-state index contributed by atoms with van der Waals surface area (Å²) in [5.74, 6) is -1.18. The topological polar surface area (TPSA) is 43.4 Å². The third kappa shape index (κ3) is 4.26. The summed E-state index contributed by atoms with van der Waals surface area (Å²) in [4.78, 5) is 22.4. The average Bonchev–Trinajstić information content (AvgIpc) is 2.27. The molecule has 0 heterocycles. The van der Waals surface area contributed by atoms with Crippen LogP contribution in [0.1, 0.15) is 25.8 Å². The monoisotopic (exact) mass is 220 g/mol. The Bertz CT molecular complexity index is 355. The molecule has 0 N–H and O–H groups in total. The van der Waals surface area contributed by atoms with E-state index in [0.29, 0.717) is 6.42 Å². The van der Waals surface area contributed by atoms with Crippen LogP contribution in [-0.4, -0.2) is 11.9 Å². The number of ether oxygens (including phenoxy) is 1. The summed E-state index contributed by atoms with van der Waals surface area (Å²) in [7, 11) is 0. The van der Waals surface area contributed by atoms with Crippen molar-refractivity contribution < 1.29 is 14.3 Å². The maximum Gasteiger partial charge on any atom is 0.316 e. The van der Waals surface area contributed by atoms with E-state index in [1.807, 2.05) is 30.3 Å². The third-order valence-corrected chi connectivity index (χ3v) is 2.15. The number of carbonyl (C=O) groups excluding carboxylic acids is 2. The molecule has 0 saturated heterocycles. The molecule has 1 aromatic carbocycles. The molecule has 0 fully saturated rings. The van der Waals surface area contributed by atoms with E-state index in [1.54, 1.807) is 13.8 Å². The molecular weight excluding hydrogens is 204 g/mol. The molecule has 0 aliphatic rings. The smallest absolute Gasteiger partial charge is 0.316 e. The van der Waals surface area contributed by atoms with Gasteiger partial charge in [-0.1, -0.05) is 44.2 Å². The van der Waals surface area contributed by atoms with Crippen molar-refractivity contribution in [2.75, 3.05) is 0 Å². The quantitative estimate of drug-likeness (QED) is 0.578. The first-order valence-corrected chi connectivity index (χ1v) is 5.38. The van der Waals surface area contributed by atoms with Gasteiger partial charge in [-0.25, -0.2) is 0 Å². The van der Waals surface area contributed by atoms with Crippen molar-refractivity contribution in [3.8, 4) is 0 Å². The Hall–Kier alpha value is -1.64. The third-order valence-electron chi connectivity index (χ3n) is 2.15. The van der Waals surface area contributed by atoms with Crippen LogP contribution in [0.3, 0.4) is 0 Å². The van der Waals surface area contributed by atoms with Gasteiger partial charge >= 0.3 is 11.9 Å². The van der Waals surface area contributed by atoms with Gasteiger partial charge in [-0.05, 0) is 12.0 Å². The molecule has 0 saturated carbocycles. The van der Waals surface area contributed by atoms with Gasteiger partial charge in [0.25, 0.3) is 0 Å². The van der Waals surface area contributed by atoms with E-state index in [2.05, 4.69) is 4.74 Å². The first-order valence-electron chi connectivity index (χ1n) is 5.38. The number of rotatable bonds is 4. The molecule has 1 rings (SSSR count). The largest absolute Gasteiger partial charge is 0.393 e. The molecular formula is C13H16O3. The van der Waals surface area contributed by atoms with Crippen LogP contribution >= 0.6 is 0 Å². The van der Waals surface area contributed by atoms with Gasteiger partial charge < -0.3 is 4.74 Å². The van der Waals surface area contributed by atoms with Gasteiger partial charge in [0.15, 0.2) is 0 Å². The molecule has 0 aliphatic carbocycles. The summed E-state index contributed by atoms with van der Waals surface area (Å²) in [5, 5.41) is 0. The van der Waals surface area contributed by atoms with Crippen LogP contribution in [0.15, 0.2) is 30.3 Å². The van der Waals surface area contributed by atoms with Crippen LogP contribution in [0, 0.1) is 5.92 Å². The van der Waals surface area contributed by atoms with Crippen molar-refractivity contribution in [1.29, 1.82) is 0 Å². The fourth-order valence-electron chi connectivity index (χ4n) is 1.17. The number of carbonyl (C=O) groups is 2. The van der Waals surface area contributed by atoms with E-state index in [1.165, 1.54) is 0 Å². The van der Waals surface area contributed by atoms with Crippen LogP contribution < -0.4 is 0 Å². The summed E-state index contributed by atoms with van der Waals surface area (Å²) < 4.78 is 4.66. The molecule has 0 amide bonds. The maximum atomic E-state index is 11.3. The lowest BCUT2D eigenvalue weighted by atomic mass is 10.1. The second kappa shape index (κ2) is 6.05. The highest BCUT2D eigenvalue weighted by Crippen LogP contribution is 2.04. The molecule has 0 spiro atoms. The highest BCUT2D eigenvalue weighted by atomic mass is 16.6. The first kappa shape index (κ1) is 12.4. The van der Waals surface area contributed by atoms with E-state index in [0.717, 1.165) is 5.56 Å². The Labute approximate surface area is 95.4 Å². The van der Waals surface area contributed by atoms with Crippen molar-refractivity contribution in [3.63, 3.8) is 0 Å². The first-order chi connectivity index (χ1) is 7.59. The van der Waals surface area contributed by atoms with Crippen LogP contribution in [-0.2, 0) is 20.7 Å². The van der Waals surface area contributed by atoms with Crippen LogP contribution in [0.2, 0.25) is 0 Å². The van der Waals surface area contributed by atoms with Crippen LogP contribution in [0.4, 0.5) is 0 Å². The van der Waals surface area contributed by atoms with Gasteiger partial charge in [-0.3, -0.25) is 9.59 Å². The lowest BCUT2D eigenvalue weighted by molar-refractivity contribution is -0.161. The molecule has 3 heteroatoms. The van der Waals surface area contributed by atoms with Crippen LogP contribution in [0.25, 0.3) is 0 Å². The normalized spacial score (nSPS) is 10.2. The highest BCUT2D eigenvalue weighted by Gasteiger charge is 2.13. The zero-order valence-electron chi connectivity index (χ0n) is 9.60. The minimum Gasteiger partial charge on any atom is -0.393 e. The number of aryl methyl sites for hydroxylation is 1. The summed E-state index contributed by atoms with van der Waals surface area (Å²) in [5.41, 5.74) is 1.07. The predicted octanol–water partition coefficient (Wildman–Crippen LogP) is 2.35.